The average molecular weight is 333 g/mol. The Morgan fingerprint density at radius 1 is 1.22 bits per heavy atom. The molecule has 1 unspecified atom stereocenters. The molecule has 0 bridgehead atoms. The molecule has 0 spiro atoms. The molecule has 3 rings (SSSR count). The van der Waals surface area contributed by atoms with Crippen molar-refractivity contribution in [2.24, 2.45) is 0 Å². The van der Waals surface area contributed by atoms with Crippen molar-refractivity contribution in [3.05, 3.63) is 47.9 Å². The van der Waals surface area contributed by atoms with E-state index in [1.54, 1.807) is 18.9 Å². The highest BCUT2D eigenvalue weighted by Gasteiger charge is 2.34. The number of rotatable bonds is 6. The Morgan fingerprint density at radius 3 is 2.61 bits per heavy atom. The third kappa shape index (κ3) is 3.64. The summed E-state index contributed by atoms with van der Waals surface area (Å²) in [6.45, 7) is 2.87. The molecule has 1 aliphatic heterocycles. The minimum atomic E-state index is -0.0596. The van der Waals surface area contributed by atoms with Crippen molar-refractivity contribution in [3.8, 4) is 11.5 Å². The number of nitrogens with zero attached hydrogens (tertiary/aromatic N) is 1. The number of furan rings is 1. The van der Waals surface area contributed by atoms with E-state index in [9.17, 15) is 4.79 Å². The van der Waals surface area contributed by atoms with Crippen LogP contribution in [0.2, 0.25) is 0 Å². The molecule has 0 aliphatic carbocycles. The van der Waals surface area contributed by atoms with Crippen molar-refractivity contribution in [1.29, 1.82) is 0 Å². The van der Waals surface area contributed by atoms with E-state index in [-0.39, 0.29) is 11.3 Å². The van der Waals surface area contributed by atoms with Gasteiger partial charge in [-0.05, 0) is 43.3 Å². The molecule has 1 fully saturated rings. The molecule has 1 saturated heterocycles. The quantitative estimate of drug-likeness (QED) is 0.812. The Bertz CT molecular complexity index is 667. The number of ether oxygens (including phenoxy) is 2. The summed E-state index contributed by atoms with van der Waals surface area (Å²) in [5, 5.41) is -0.0596. The van der Waals surface area contributed by atoms with E-state index < -0.39 is 0 Å². The summed E-state index contributed by atoms with van der Waals surface area (Å²) in [5.74, 6) is 3.82. The number of thioether (sulfide) groups is 1. The van der Waals surface area contributed by atoms with E-state index in [1.807, 2.05) is 48.2 Å². The predicted molar refractivity (Wildman–Crippen MR) is 88.8 cm³/mol. The zero-order valence-electron chi connectivity index (χ0n) is 13.2. The van der Waals surface area contributed by atoms with Crippen molar-refractivity contribution in [3.63, 3.8) is 0 Å². The van der Waals surface area contributed by atoms with Crippen LogP contribution in [0.25, 0.3) is 0 Å². The third-order valence-corrected chi connectivity index (χ3v) is 4.85. The first kappa shape index (κ1) is 15.8. The molecule has 1 aliphatic rings. The summed E-state index contributed by atoms with van der Waals surface area (Å²) in [6, 6.07) is 11.3. The summed E-state index contributed by atoms with van der Waals surface area (Å²) in [5.41, 5.74) is 0. The first-order valence-electron chi connectivity index (χ1n) is 7.41. The summed E-state index contributed by atoms with van der Waals surface area (Å²) < 4.78 is 16.5. The van der Waals surface area contributed by atoms with Crippen LogP contribution in [0.5, 0.6) is 11.5 Å². The van der Waals surface area contributed by atoms with E-state index in [1.165, 1.54) is 0 Å². The highest BCUT2D eigenvalue weighted by molar-refractivity contribution is 8.00. The van der Waals surface area contributed by atoms with Gasteiger partial charge in [0.2, 0.25) is 5.91 Å². The van der Waals surface area contributed by atoms with Gasteiger partial charge in [0, 0.05) is 0 Å². The molecule has 0 radical (unpaired) electrons. The largest absolute Gasteiger partial charge is 0.497 e. The molecule has 23 heavy (non-hydrogen) atoms. The standard InChI is InChI=1S/C17H19NO4S/c1-12-3-8-15(22-12)17-18(16(19)11-23-17)9-10-21-14-6-4-13(20-2)5-7-14/h3-8,17H,9-11H2,1-2H3. The topological polar surface area (TPSA) is 51.9 Å². The third-order valence-electron chi connectivity index (χ3n) is 3.63. The van der Waals surface area contributed by atoms with Gasteiger partial charge in [-0.2, -0.15) is 0 Å². The van der Waals surface area contributed by atoms with Crippen LogP contribution < -0.4 is 9.47 Å². The Labute approximate surface area is 139 Å². The number of hydrogen-bond donors (Lipinski definition) is 0. The molecular weight excluding hydrogens is 314 g/mol. The maximum absolute atomic E-state index is 12.1. The lowest BCUT2D eigenvalue weighted by Gasteiger charge is -2.22. The highest BCUT2D eigenvalue weighted by atomic mass is 32.2. The van der Waals surface area contributed by atoms with Gasteiger partial charge in [0.15, 0.2) is 0 Å². The van der Waals surface area contributed by atoms with Crippen LogP contribution in [0.1, 0.15) is 16.9 Å². The Kier molecular flexibility index (Phi) is 4.81. The molecule has 5 nitrogen and oxygen atoms in total. The molecule has 6 heteroatoms. The highest BCUT2D eigenvalue weighted by Crippen LogP contribution is 2.39. The maximum Gasteiger partial charge on any atom is 0.234 e. The number of benzene rings is 1. The lowest BCUT2D eigenvalue weighted by Crippen LogP contribution is -2.32. The van der Waals surface area contributed by atoms with Crippen LogP contribution in [-0.4, -0.2) is 36.8 Å². The summed E-state index contributed by atoms with van der Waals surface area (Å²) >= 11 is 1.59. The lowest BCUT2D eigenvalue weighted by molar-refractivity contribution is -0.128. The van der Waals surface area contributed by atoms with Crippen LogP contribution in [-0.2, 0) is 4.79 Å². The van der Waals surface area contributed by atoms with Gasteiger partial charge < -0.3 is 18.8 Å². The van der Waals surface area contributed by atoms with Gasteiger partial charge in [-0.25, -0.2) is 0 Å². The second-order valence-corrected chi connectivity index (χ2v) is 6.29. The fourth-order valence-electron chi connectivity index (χ4n) is 2.45. The van der Waals surface area contributed by atoms with Crippen LogP contribution in [0.15, 0.2) is 40.8 Å². The first-order valence-corrected chi connectivity index (χ1v) is 8.46. The zero-order chi connectivity index (χ0) is 16.2. The number of hydrogen-bond acceptors (Lipinski definition) is 5. The van der Waals surface area contributed by atoms with Crippen molar-refractivity contribution < 1.29 is 18.7 Å². The lowest BCUT2D eigenvalue weighted by atomic mass is 10.3. The van der Waals surface area contributed by atoms with Gasteiger partial charge in [0.25, 0.3) is 0 Å². The van der Waals surface area contributed by atoms with Gasteiger partial charge in [0.05, 0.1) is 19.4 Å². The van der Waals surface area contributed by atoms with Crippen LogP contribution in [0.3, 0.4) is 0 Å². The van der Waals surface area contributed by atoms with Crippen LogP contribution >= 0.6 is 11.8 Å². The van der Waals surface area contributed by atoms with E-state index in [4.69, 9.17) is 13.9 Å². The number of aryl methyl sites for hydroxylation is 1. The van der Waals surface area contributed by atoms with Crippen LogP contribution in [0, 0.1) is 6.92 Å². The molecule has 1 atom stereocenters. The minimum Gasteiger partial charge on any atom is -0.497 e. The second-order valence-electron chi connectivity index (χ2n) is 5.22. The number of carbonyl (C=O) groups excluding carboxylic acids is 1. The molecule has 2 aromatic rings. The number of methoxy groups -OCH3 is 1. The maximum atomic E-state index is 12.1. The number of carbonyl (C=O) groups is 1. The SMILES string of the molecule is COc1ccc(OCCN2C(=O)CSC2c2ccc(C)o2)cc1. The molecule has 1 amide bonds. The molecule has 0 N–H and O–H groups in total. The van der Waals surface area contributed by atoms with Gasteiger partial charge in [-0.15, -0.1) is 11.8 Å². The predicted octanol–water partition coefficient (Wildman–Crippen LogP) is 3.25. The van der Waals surface area contributed by atoms with Gasteiger partial charge >= 0.3 is 0 Å². The van der Waals surface area contributed by atoms with E-state index in [0.29, 0.717) is 18.9 Å². The van der Waals surface area contributed by atoms with Crippen molar-refractivity contribution in [2.45, 2.75) is 12.3 Å². The van der Waals surface area contributed by atoms with E-state index in [0.717, 1.165) is 23.0 Å². The molecule has 1 aromatic heterocycles. The summed E-state index contributed by atoms with van der Waals surface area (Å²) in [4.78, 5) is 13.9. The molecule has 0 saturated carbocycles. The molecule has 1 aromatic carbocycles. The monoisotopic (exact) mass is 333 g/mol. The van der Waals surface area contributed by atoms with E-state index >= 15 is 0 Å². The van der Waals surface area contributed by atoms with E-state index in [2.05, 4.69) is 0 Å². The Balaban J connectivity index is 1.58. The normalized spacial score (nSPS) is 17.6. The second kappa shape index (κ2) is 7.00. The number of amides is 1. The van der Waals surface area contributed by atoms with Gasteiger partial charge in [-0.1, -0.05) is 0 Å². The average Bonchev–Trinajstić information content (AvgIpc) is 3.14. The first-order chi connectivity index (χ1) is 11.2. The molecule has 2 heterocycles. The fraction of sp³-hybridized carbons (Fsp3) is 0.353. The van der Waals surface area contributed by atoms with Gasteiger partial charge in [0.1, 0.15) is 35.0 Å². The zero-order valence-corrected chi connectivity index (χ0v) is 14.0. The fourth-order valence-corrected chi connectivity index (χ4v) is 3.61. The molecule has 122 valence electrons. The van der Waals surface area contributed by atoms with Crippen molar-refractivity contribution in [2.75, 3.05) is 26.0 Å². The summed E-state index contributed by atoms with van der Waals surface area (Å²) in [7, 11) is 1.63. The van der Waals surface area contributed by atoms with Crippen molar-refractivity contribution in [1.82, 2.24) is 4.90 Å². The summed E-state index contributed by atoms with van der Waals surface area (Å²) in [6.07, 6.45) is 0. The van der Waals surface area contributed by atoms with Crippen molar-refractivity contribution >= 4 is 17.7 Å². The minimum absolute atomic E-state index is 0.0596. The van der Waals surface area contributed by atoms with Gasteiger partial charge in [-0.3, -0.25) is 4.79 Å². The Morgan fingerprint density at radius 2 is 1.96 bits per heavy atom. The Hall–Kier alpha value is -2.08. The smallest absolute Gasteiger partial charge is 0.234 e. The van der Waals surface area contributed by atoms with Crippen LogP contribution in [0.4, 0.5) is 0 Å². The molecular formula is C17H19NO4S.